The molecule has 1 aromatic carbocycles. The zero-order chi connectivity index (χ0) is 21.8. The molecule has 1 N–H and O–H groups in total. The van der Waals surface area contributed by atoms with Crippen LogP contribution in [0.25, 0.3) is 0 Å². The molecule has 1 atom stereocenters. The molecule has 0 unspecified atom stereocenters. The summed E-state index contributed by atoms with van der Waals surface area (Å²) >= 11 is 0. The Morgan fingerprint density at radius 3 is 2.80 bits per heavy atom. The SMILES string of the molecule is Cc1cc(OCC(=O)Nc2c(C#N)c(C)c(C)n2C[C@H]2CCCO2)ccc1[N+](=O)[O-]. The summed E-state index contributed by atoms with van der Waals surface area (Å²) in [5.74, 6) is 0.376. The van der Waals surface area contributed by atoms with Crippen LogP contribution in [0, 0.1) is 42.2 Å². The van der Waals surface area contributed by atoms with Crippen LogP contribution >= 0.6 is 0 Å². The summed E-state index contributed by atoms with van der Waals surface area (Å²) in [5, 5.41) is 23.3. The van der Waals surface area contributed by atoms with E-state index in [1.165, 1.54) is 18.2 Å². The molecular weight excluding hydrogens is 388 g/mol. The van der Waals surface area contributed by atoms with Crippen LogP contribution in [0.4, 0.5) is 11.5 Å². The van der Waals surface area contributed by atoms with E-state index in [2.05, 4.69) is 11.4 Å². The van der Waals surface area contributed by atoms with Crippen molar-refractivity contribution in [3.63, 3.8) is 0 Å². The fourth-order valence-electron chi connectivity index (χ4n) is 3.59. The third kappa shape index (κ3) is 4.44. The first-order valence-corrected chi connectivity index (χ1v) is 9.71. The Balaban J connectivity index is 1.73. The fourth-order valence-corrected chi connectivity index (χ4v) is 3.59. The van der Waals surface area contributed by atoms with Crippen molar-refractivity contribution in [2.45, 2.75) is 46.3 Å². The minimum atomic E-state index is -0.470. The summed E-state index contributed by atoms with van der Waals surface area (Å²) in [6.45, 7) is 6.37. The number of carbonyl (C=O) groups excluding carboxylic acids is 1. The molecular formula is C21H24N4O5. The number of hydrogen-bond acceptors (Lipinski definition) is 6. The zero-order valence-electron chi connectivity index (χ0n) is 17.2. The molecule has 1 amide bonds. The molecule has 1 saturated heterocycles. The van der Waals surface area contributed by atoms with Crippen molar-refractivity contribution in [2.75, 3.05) is 18.5 Å². The van der Waals surface area contributed by atoms with Gasteiger partial charge in [-0.15, -0.1) is 0 Å². The van der Waals surface area contributed by atoms with E-state index < -0.39 is 10.8 Å². The van der Waals surface area contributed by atoms with Crippen molar-refractivity contribution in [1.29, 1.82) is 5.26 Å². The van der Waals surface area contributed by atoms with Gasteiger partial charge in [-0.2, -0.15) is 5.26 Å². The number of benzene rings is 1. The highest BCUT2D eigenvalue weighted by Crippen LogP contribution is 2.28. The number of rotatable bonds is 7. The Morgan fingerprint density at radius 1 is 1.43 bits per heavy atom. The molecule has 3 rings (SSSR count). The smallest absolute Gasteiger partial charge is 0.272 e. The summed E-state index contributed by atoms with van der Waals surface area (Å²) < 4.78 is 13.1. The normalized spacial score (nSPS) is 15.6. The molecule has 0 aliphatic carbocycles. The molecule has 1 aromatic heterocycles. The van der Waals surface area contributed by atoms with E-state index in [1.807, 2.05) is 18.4 Å². The first kappa shape index (κ1) is 21.3. The first-order chi connectivity index (χ1) is 14.3. The van der Waals surface area contributed by atoms with Crippen LogP contribution in [0.2, 0.25) is 0 Å². The number of ether oxygens (including phenoxy) is 2. The molecule has 0 spiro atoms. The van der Waals surface area contributed by atoms with Gasteiger partial charge in [0, 0.05) is 23.9 Å². The molecule has 2 heterocycles. The molecule has 2 aromatic rings. The Morgan fingerprint density at radius 2 is 2.20 bits per heavy atom. The lowest BCUT2D eigenvalue weighted by molar-refractivity contribution is -0.385. The first-order valence-electron chi connectivity index (χ1n) is 9.71. The van der Waals surface area contributed by atoms with Crippen molar-refractivity contribution in [3.05, 3.63) is 50.7 Å². The van der Waals surface area contributed by atoms with E-state index in [1.54, 1.807) is 6.92 Å². The van der Waals surface area contributed by atoms with E-state index in [-0.39, 0.29) is 18.4 Å². The van der Waals surface area contributed by atoms with Gasteiger partial charge in [0.1, 0.15) is 17.6 Å². The number of nitrogens with zero attached hydrogens (tertiary/aromatic N) is 3. The van der Waals surface area contributed by atoms with Gasteiger partial charge in [0.05, 0.1) is 23.1 Å². The lowest BCUT2D eigenvalue weighted by Gasteiger charge is -2.17. The summed E-state index contributed by atoms with van der Waals surface area (Å²) in [7, 11) is 0. The molecule has 30 heavy (non-hydrogen) atoms. The van der Waals surface area contributed by atoms with Gasteiger partial charge in [-0.1, -0.05) is 0 Å². The van der Waals surface area contributed by atoms with Gasteiger partial charge in [0.25, 0.3) is 11.6 Å². The number of anilines is 1. The standard InChI is InChI=1S/C21H24N4O5/c1-13-9-16(6-7-19(13)25(27)28)30-12-20(26)23-21-18(10-22)14(2)15(3)24(21)11-17-5-4-8-29-17/h6-7,9,17H,4-5,8,11-12H2,1-3H3,(H,23,26)/t17-/m1/s1. The molecule has 158 valence electrons. The Hall–Kier alpha value is -3.38. The second-order valence-corrected chi connectivity index (χ2v) is 7.33. The number of aryl methyl sites for hydroxylation is 1. The van der Waals surface area contributed by atoms with E-state index in [9.17, 15) is 20.2 Å². The molecule has 1 aliphatic rings. The largest absolute Gasteiger partial charge is 0.484 e. The topological polar surface area (TPSA) is 119 Å². The highest BCUT2D eigenvalue weighted by Gasteiger charge is 2.24. The molecule has 0 radical (unpaired) electrons. The van der Waals surface area contributed by atoms with Crippen LogP contribution in [0.3, 0.4) is 0 Å². The Bertz CT molecular complexity index is 1020. The van der Waals surface area contributed by atoms with Gasteiger partial charge in [-0.25, -0.2) is 0 Å². The third-order valence-electron chi connectivity index (χ3n) is 5.34. The van der Waals surface area contributed by atoms with Crippen LogP contribution in [0.5, 0.6) is 5.75 Å². The van der Waals surface area contributed by atoms with Crippen LogP contribution in [-0.4, -0.2) is 34.7 Å². The highest BCUT2D eigenvalue weighted by atomic mass is 16.6. The van der Waals surface area contributed by atoms with E-state index >= 15 is 0 Å². The lowest BCUT2D eigenvalue weighted by atomic mass is 10.2. The van der Waals surface area contributed by atoms with Gasteiger partial charge in [0.2, 0.25) is 0 Å². The van der Waals surface area contributed by atoms with Gasteiger partial charge in [-0.3, -0.25) is 14.9 Å². The zero-order valence-corrected chi connectivity index (χ0v) is 17.2. The number of nitro benzene ring substituents is 1. The summed E-state index contributed by atoms with van der Waals surface area (Å²) in [5.41, 5.74) is 2.58. The van der Waals surface area contributed by atoms with Gasteiger partial charge >= 0.3 is 0 Å². The molecule has 0 bridgehead atoms. The van der Waals surface area contributed by atoms with Gasteiger partial charge < -0.3 is 19.4 Å². The minimum absolute atomic E-state index is 0.0108. The quantitative estimate of drug-likeness (QED) is 0.550. The molecule has 1 fully saturated rings. The second-order valence-electron chi connectivity index (χ2n) is 7.33. The maximum absolute atomic E-state index is 12.5. The maximum Gasteiger partial charge on any atom is 0.272 e. The van der Waals surface area contributed by atoms with E-state index in [0.717, 1.165) is 30.7 Å². The number of aromatic nitrogens is 1. The average Bonchev–Trinajstić information content (AvgIpc) is 3.29. The molecule has 0 saturated carbocycles. The fraction of sp³-hybridized carbons (Fsp3) is 0.429. The number of carbonyl (C=O) groups is 1. The Kier molecular flexibility index (Phi) is 6.37. The van der Waals surface area contributed by atoms with Crippen LogP contribution in [0.15, 0.2) is 18.2 Å². The van der Waals surface area contributed by atoms with Gasteiger partial charge in [0.15, 0.2) is 6.61 Å². The van der Waals surface area contributed by atoms with Crippen molar-refractivity contribution in [1.82, 2.24) is 4.57 Å². The van der Waals surface area contributed by atoms with Crippen molar-refractivity contribution >= 4 is 17.4 Å². The van der Waals surface area contributed by atoms with Crippen molar-refractivity contribution < 1.29 is 19.2 Å². The molecule has 9 heteroatoms. The third-order valence-corrected chi connectivity index (χ3v) is 5.34. The van der Waals surface area contributed by atoms with Crippen LogP contribution < -0.4 is 10.1 Å². The maximum atomic E-state index is 12.5. The van der Waals surface area contributed by atoms with E-state index in [0.29, 0.717) is 29.2 Å². The minimum Gasteiger partial charge on any atom is -0.484 e. The molecule has 1 aliphatic heterocycles. The molecule has 9 nitrogen and oxygen atoms in total. The summed E-state index contributed by atoms with van der Waals surface area (Å²) in [6.07, 6.45) is 1.99. The predicted octanol–water partition coefficient (Wildman–Crippen LogP) is 3.39. The summed E-state index contributed by atoms with van der Waals surface area (Å²) in [4.78, 5) is 23.0. The predicted molar refractivity (Wildman–Crippen MR) is 110 cm³/mol. The van der Waals surface area contributed by atoms with Crippen LogP contribution in [0.1, 0.15) is 35.2 Å². The number of nitriles is 1. The Labute approximate surface area is 174 Å². The second kappa shape index (κ2) is 8.97. The number of nitro groups is 1. The number of hydrogen-bond donors (Lipinski definition) is 1. The van der Waals surface area contributed by atoms with Crippen molar-refractivity contribution in [2.24, 2.45) is 0 Å². The lowest BCUT2D eigenvalue weighted by Crippen LogP contribution is -2.24. The average molecular weight is 412 g/mol. The summed E-state index contributed by atoms with van der Waals surface area (Å²) in [6, 6.07) is 6.48. The van der Waals surface area contributed by atoms with Crippen LogP contribution in [-0.2, 0) is 16.1 Å². The number of amides is 1. The van der Waals surface area contributed by atoms with Gasteiger partial charge in [-0.05, 0) is 51.3 Å². The highest BCUT2D eigenvalue weighted by molar-refractivity contribution is 5.93. The van der Waals surface area contributed by atoms with Crippen molar-refractivity contribution in [3.8, 4) is 11.8 Å². The monoisotopic (exact) mass is 412 g/mol. The number of nitrogens with one attached hydrogen (secondary N) is 1. The van der Waals surface area contributed by atoms with E-state index in [4.69, 9.17) is 9.47 Å².